The van der Waals surface area contributed by atoms with Gasteiger partial charge < -0.3 is 4.74 Å². The largest absolute Gasteiger partial charge is 0.461 e. The average Bonchev–Trinajstić information content (AvgIpc) is 2.52. The monoisotopic (exact) mass is 344 g/mol. The summed E-state index contributed by atoms with van der Waals surface area (Å²) >= 11 is 0. The van der Waals surface area contributed by atoms with Crippen LogP contribution in [0.25, 0.3) is 0 Å². The number of benzene rings is 2. The number of ether oxygens (including phenoxy) is 1. The van der Waals surface area contributed by atoms with Crippen molar-refractivity contribution in [3.8, 4) is 0 Å². The van der Waals surface area contributed by atoms with E-state index in [1.165, 1.54) is 0 Å². The van der Waals surface area contributed by atoms with Crippen molar-refractivity contribution >= 4 is 15.8 Å². The van der Waals surface area contributed by atoms with E-state index in [9.17, 15) is 13.2 Å². The number of esters is 1. The van der Waals surface area contributed by atoms with Crippen molar-refractivity contribution in [3.63, 3.8) is 0 Å². The van der Waals surface area contributed by atoms with E-state index in [2.05, 4.69) is 0 Å². The van der Waals surface area contributed by atoms with Crippen LogP contribution in [0.15, 0.2) is 59.5 Å². The third-order valence-electron chi connectivity index (χ3n) is 4.44. The molecule has 1 aliphatic carbocycles. The van der Waals surface area contributed by atoms with Crippen LogP contribution in [0.3, 0.4) is 0 Å². The predicted molar refractivity (Wildman–Crippen MR) is 91.1 cm³/mol. The van der Waals surface area contributed by atoms with Gasteiger partial charge >= 0.3 is 5.97 Å². The van der Waals surface area contributed by atoms with Gasteiger partial charge in [0.2, 0.25) is 0 Å². The number of hydrogen-bond acceptors (Lipinski definition) is 4. The van der Waals surface area contributed by atoms with Gasteiger partial charge in [0.1, 0.15) is 6.61 Å². The van der Waals surface area contributed by atoms with Gasteiger partial charge in [-0.2, -0.15) is 0 Å². The van der Waals surface area contributed by atoms with Crippen molar-refractivity contribution in [1.29, 1.82) is 0 Å². The summed E-state index contributed by atoms with van der Waals surface area (Å²) in [5.41, 5.74) is 1.94. The standard InChI is InChI=1S/C19H20O4S/c1-14-7-9-17(10-8-14)24(21,22)18-11-16(12-18)19(20)23-13-15-5-3-2-4-6-15/h2-10,16,18H,11-13H2,1H3. The van der Waals surface area contributed by atoms with E-state index in [0.717, 1.165) is 11.1 Å². The number of sulfone groups is 1. The van der Waals surface area contributed by atoms with Crippen LogP contribution in [0.5, 0.6) is 0 Å². The van der Waals surface area contributed by atoms with Crippen molar-refractivity contribution in [3.05, 3.63) is 65.7 Å². The first-order valence-electron chi connectivity index (χ1n) is 7.98. The molecule has 1 aliphatic rings. The topological polar surface area (TPSA) is 60.4 Å². The molecule has 2 aromatic carbocycles. The minimum Gasteiger partial charge on any atom is -0.461 e. The lowest BCUT2D eigenvalue weighted by Gasteiger charge is -2.33. The van der Waals surface area contributed by atoms with Crippen LogP contribution in [-0.2, 0) is 26.0 Å². The Morgan fingerprint density at radius 3 is 2.29 bits per heavy atom. The van der Waals surface area contributed by atoms with E-state index in [1.807, 2.05) is 37.3 Å². The number of carbonyl (C=O) groups excluding carboxylic acids is 1. The number of rotatable bonds is 5. The van der Waals surface area contributed by atoms with Gasteiger partial charge in [-0.3, -0.25) is 4.79 Å². The normalized spacial score (nSPS) is 20.2. The maximum Gasteiger partial charge on any atom is 0.309 e. The minimum absolute atomic E-state index is 0.228. The van der Waals surface area contributed by atoms with E-state index < -0.39 is 15.1 Å². The maximum absolute atomic E-state index is 12.5. The molecule has 0 atom stereocenters. The highest BCUT2D eigenvalue weighted by Gasteiger charge is 2.43. The Morgan fingerprint density at radius 2 is 1.67 bits per heavy atom. The highest BCUT2D eigenvalue weighted by atomic mass is 32.2. The van der Waals surface area contributed by atoms with Gasteiger partial charge in [-0.1, -0.05) is 48.0 Å². The Kier molecular flexibility index (Phi) is 4.71. The molecule has 24 heavy (non-hydrogen) atoms. The Bertz CT molecular complexity index is 804. The molecule has 0 spiro atoms. The van der Waals surface area contributed by atoms with Gasteiger partial charge in [0.15, 0.2) is 9.84 Å². The number of carbonyl (C=O) groups is 1. The molecule has 0 saturated heterocycles. The van der Waals surface area contributed by atoms with Gasteiger partial charge in [0.05, 0.1) is 16.1 Å². The molecule has 1 fully saturated rings. The summed E-state index contributed by atoms with van der Waals surface area (Å²) < 4.78 is 30.3. The second-order valence-corrected chi connectivity index (χ2v) is 8.47. The fourth-order valence-electron chi connectivity index (χ4n) is 2.78. The van der Waals surface area contributed by atoms with Crippen molar-refractivity contribution in [2.45, 2.75) is 36.5 Å². The van der Waals surface area contributed by atoms with Gasteiger partial charge in [-0.15, -0.1) is 0 Å². The first-order valence-corrected chi connectivity index (χ1v) is 9.52. The molecule has 0 N–H and O–H groups in total. The number of hydrogen-bond donors (Lipinski definition) is 0. The first-order chi connectivity index (χ1) is 11.5. The molecule has 0 radical (unpaired) electrons. The molecule has 0 heterocycles. The number of aryl methyl sites for hydroxylation is 1. The fraction of sp³-hybridized carbons (Fsp3) is 0.316. The average molecular weight is 344 g/mol. The molecule has 2 aromatic rings. The summed E-state index contributed by atoms with van der Waals surface area (Å²) in [6.07, 6.45) is 0.674. The van der Waals surface area contributed by atoms with Gasteiger partial charge in [-0.25, -0.2) is 8.42 Å². The minimum atomic E-state index is -3.36. The van der Waals surface area contributed by atoms with E-state index >= 15 is 0 Å². The summed E-state index contributed by atoms with van der Waals surface area (Å²) in [6, 6.07) is 16.3. The Balaban J connectivity index is 1.54. The quantitative estimate of drug-likeness (QED) is 0.781. The third-order valence-corrected chi connectivity index (χ3v) is 6.63. The van der Waals surface area contributed by atoms with Crippen molar-refractivity contribution in [1.82, 2.24) is 0 Å². The molecule has 5 heteroatoms. The predicted octanol–water partition coefficient (Wildman–Crippen LogP) is 3.29. The smallest absolute Gasteiger partial charge is 0.309 e. The highest BCUT2D eigenvalue weighted by molar-refractivity contribution is 7.92. The zero-order valence-corrected chi connectivity index (χ0v) is 14.3. The van der Waals surface area contributed by atoms with Crippen LogP contribution in [0.1, 0.15) is 24.0 Å². The van der Waals surface area contributed by atoms with E-state index in [-0.39, 0.29) is 18.5 Å². The SMILES string of the molecule is Cc1ccc(S(=O)(=O)C2CC(C(=O)OCc3ccccc3)C2)cc1. The molecule has 126 valence electrons. The summed E-state index contributed by atoms with van der Waals surface area (Å²) in [6.45, 7) is 2.14. The van der Waals surface area contributed by atoms with Crippen LogP contribution in [0.2, 0.25) is 0 Å². The van der Waals surface area contributed by atoms with Crippen molar-refractivity contribution < 1.29 is 17.9 Å². The molecule has 0 aliphatic heterocycles. The molecule has 0 unspecified atom stereocenters. The summed E-state index contributed by atoms with van der Waals surface area (Å²) in [5, 5.41) is -0.491. The van der Waals surface area contributed by atoms with Crippen LogP contribution in [-0.4, -0.2) is 19.6 Å². The summed E-state index contributed by atoms with van der Waals surface area (Å²) in [4.78, 5) is 12.4. The van der Waals surface area contributed by atoms with Crippen molar-refractivity contribution in [2.24, 2.45) is 5.92 Å². The van der Waals surface area contributed by atoms with Gasteiger partial charge in [-0.05, 0) is 37.5 Å². The lowest BCUT2D eigenvalue weighted by Crippen LogP contribution is -2.40. The fourth-order valence-corrected chi connectivity index (χ4v) is 4.65. The summed E-state index contributed by atoms with van der Waals surface area (Å²) in [7, 11) is -3.36. The zero-order chi connectivity index (χ0) is 17.2. The van der Waals surface area contributed by atoms with Crippen LogP contribution >= 0.6 is 0 Å². The third kappa shape index (κ3) is 3.51. The van der Waals surface area contributed by atoms with Crippen LogP contribution in [0.4, 0.5) is 0 Å². The molecule has 0 bridgehead atoms. The zero-order valence-electron chi connectivity index (χ0n) is 13.5. The second-order valence-electron chi connectivity index (χ2n) is 6.24. The van der Waals surface area contributed by atoms with Crippen molar-refractivity contribution in [2.75, 3.05) is 0 Å². The first kappa shape index (κ1) is 16.7. The van der Waals surface area contributed by atoms with E-state index in [1.54, 1.807) is 24.3 Å². The molecule has 4 nitrogen and oxygen atoms in total. The lowest BCUT2D eigenvalue weighted by atomic mass is 9.85. The van der Waals surface area contributed by atoms with E-state index in [4.69, 9.17) is 4.74 Å². The van der Waals surface area contributed by atoms with Gasteiger partial charge in [0, 0.05) is 0 Å². The van der Waals surface area contributed by atoms with Crippen LogP contribution < -0.4 is 0 Å². The Hall–Kier alpha value is -2.14. The Labute approximate surface area is 142 Å². The van der Waals surface area contributed by atoms with E-state index in [0.29, 0.717) is 17.7 Å². The Morgan fingerprint density at radius 1 is 1.04 bits per heavy atom. The summed E-state index contributed by atoms with van der Waals surface area (Å²) in [5.74, 6) is -0.631. The molecule has 0 amide bonds. The molecular weight excluding hydrogens is 324 g/mol. The van der Waals surface area contributed by atoms with Crippen LogP contribution in [0, 0.1) is 12.8 Å². The highest BCUT2D eigenvalue weighted by Crippen LogP contribution is 2.37. The maximum atomic E-state index is 12.5. The lowest BCUT2D eigenvalue weighted by molar-refractivity contribution is -0.152. The van der Waals surface area contributed by atoms with Gasteiger partial charge in [0.25, 0.3) is 0 Å². The molecule has 0 aromatic heterocycles. The molecular formula is C19H20O4S. The second kappa shape index (κ2) is 6.77. The molecule has 1 saturated carbocycles. The molecule has 3 rings (SSSR count).